The van der Waals surface area contributed by atoms with Crippen LogP contribution in [-0.4, -0.2) is 4.92 Å². The lowest BCUT2D eigenvalue weighted by Crippen LogP contribution is -2.01. The van der Waals surface area contributed by atoms with Crippen LogP contribution in [0.3, 0.4) is 0 Å². The van der Waals surface area contributed by atoms with Crippen LogP contribution in [0.4, 0.5) is 11.4 Å². The maximum absolute atomic E-state index is 10.8. The highest BCUT2D eigenvalue weighted by Crippen LogP contribution is 2.28. The van der Waals surface area contributed by atoms with E-state index in [0.29, 0.717) is 22.3 Å². The van der Waals surface area contributed by atoms with E-state index in [9.17, 15) is 10.1 Å². The molecule has 0 unspecified atom stereocenters. The van der Waals surface area contributed by atoms with Crippen molar-refractivity contribution in [1.82, 2.24) is 0 Å². The summed E-state index contributed by atoms with van der Waals surface area (Å²) in [5, 5.41) is 15.0. The molecule has 0 aliphatic rings. The number of halogens is 3. The Hall–Kier alpha value is -1.30. The Morgan fingerprint density at radius 1 is 1.20 bits per heavy atom. The van der Waals surface area contributed by atoms with Crippen molar-refractivity contribution in [2.75, 3.05) is 5.32 Å². The van der Waals surface area contributed by atoms with Gasteiger partial charge in [0.2, 0.25) is 0 Å². The van der Waals surface area contributed by atoms with Crippen LogP contribution in [0, 0.1) is 10.1 Å². The monoisotopic (exact) mass is 374 g/mol. The van der Waals surface area contributed by atoms with E-state index in [1.165, 1.54) is 12.1 Å². The molecule has 0 radical (unpaired) electrons. The first-order valence-electron chi connectivity index (χ1n) is 5.59. The van der Waals surface area contributed by atoms with E-state index in [4.69, 9.17) is 23.2 Å². The Bertz CT molecular complexity index is 665. The van der Waals surface area contributed by atoms with Crippen LogP contribution in [0.1, 0.15) is 5.56 Å². The van der Waals surface area contributed by atoms with Gasteiger partial charge >= 0.3 is 0 Å². The summed E-state index contributed by atoms with van der Waals surface area (Å²) in [6.45, 7) is 0.416. The number of hydrogen-bond acceptors (Lipinski definition) is 3. The number of nitro groups is 1. The molecule has 104 valence electrons. The van der Waals surface area contributed by atoms with Crippen LogP contribution in [0.5, 0.6) is 0 Å². The normalized spacial score (nSPS) is 10.3. The zero-order valence-electron chi connectivity index (χ0n) is 10.1. The minimum absolute atomic E-state index is 0.0212. The molecule has 0 bridgehead atoms. The Morgan fingerprint density at radius 2 is 1.95 bits per heavy atom. The van der Waals surface area contributed by atoms with E-state index < -0.39 is 4.92 Å². The van der Waals surface area contributed by atoms with Crippen LogP contribution in [0.15, 0.2) is 40.9 Å². The fourth-order valence-corrected chi connectivity index (χ4v) is 2.40. The first-order chi connectivity index (χ1) is 9.47. The predicted molar refractivity (Wildman–Crippen MR) is 84.6 cm³/mol. The molecule has 0 saturated carbocycles. The van der Waals surface area contributed by atoms with Gasteiger partial charge < -0.3 is 5.32 Å². The molecule has 20 heavy (non-hydrogen) atoms. The van der Waals surface area contributed by atoms with Gasteiger partial charge in [-0.15, -0.1) is 0 Å². The first-order valence-corrected chi connectivity index (χ1v) is 7.14. The van der Waals surface area contributed by atoms with Crippen molar-refractivity contribution < 1.29 is 4.92 Å². The molecule has 4 nitrogen and oxygen atoms in total. The van der Waals surface area contributed by atoms with Crippen molar-refractivity contribution in [3.63, 3.8) is 0 Å². The highest BCUT2D eigenvalue weighted by Gasteiger charge is 2.10. The first kappa shape index (κ1) is 15.1. The number of hydrogen-bond donors (Lipinski definition) is 1. The Morgan fingerprint density at radius 3 is 2.65 bits per heavy atom. The van der Waals surface area contributed by atoms with E-state index in [0.717, 1.165) is 10.0 Å². The minimum Gasteiger partial charge on any atom is -0.380 e. The number of benzene rings is 2. The van der Waals surface area contributed by atoms with E-state index in [1.807, 2.05) is 0 Å². The average molecular weight is 376 g/mol. The van der Waals surface area contributed by atoms with Gasteiger partial charge in [0, 0.05) is 33.2 Å². The van der Waals surface area contributed by atoms with Gasteiger partial charge in [-0.3, -0.25) is 10.1 Å². The number of nitrogens with one attached hydrogen (secondary N) is 1. The number of non-ortho nitro benzene ring substituents is 1. The molecule has 1 N–H and O–H groups in total. The molecular formula is C13H9BrCl2N2O2. The predicted octanol–water partition coefficient (Wildman–Crippen LogP) is 5.28. The summed E-state index contributed by atoms with van der Waals surface area (Å²) < 4.78 is 0.737. The van der Waals surface area contributed by atoms with Gasteiger partial charge in [0.25, 0.3) is 5.69 Å². The molecule has 7 heteroatoms. The van der Waals surface area contributed by atoms with Gasteiger partial charge in [0.15, 0.2) is 0 Å². The molecular weight excluding hydrogens is 367 g/mol. The number of nitro benzene ring substituents is 1. The van der Waals surface area contributed by atoms with Crippen LogP contribution >= 0.6 is 39.1 Å². The number of anilines is 1. The second-order valence-electron chi connectivity index (χ2n) is 4.01. The average Bonchev–Trinajstić information content (AvgIpc) is 2.41. The van der Waals surface area contributed by atoms with Crippen molar-refractivity contribution in [2.45, 2.75) is 6.54 Å². The molecule has 2 aromatic carbocycles. The molecule has 0 heterocycles. The molecule has 0 aliphatic heterocycles. The van der Waals surface area contributed by atoms with Gasteiger partial charge in [-0.2, -0.15) is 0 Å². The van der Waals surface area contributed by atoms with Crippen LogP contribution in [-0.2, 0) is 6.54 Å². The third-order valence-corrected chi connectivity index (χ3v) is 3.93. The topological polar surface area (TPSA) is 55.2 Å². The quantitative estimate of drug-likeness (QED) is 0.584. The fraction of sp³-hybridized carbons (Fsp3) is 0.0769. The third-order valence-electron chi connectivity index (χ3n) is 2.64. The number of nitrogens with zero attached hydrogens (tertiary/aromatic N) is 1. The molecule has 0 fully saturated rings. The summed E-state index contributed by atoms with van der Waals surface area (Å²) in [5.74, 6) is 0. The van der Waals surface area contributed by atoms with Crippen molar-refractivity contribution in [2.24, 2.45) is 0 Å². The van der Waals surface area contributed by atoms with Gasteiger partial charge in [-0.25, -0.2) is 0 Å². The molecule has 0 aliphatic carbocycles. The Labute approximate surface area is 134 Å². The van der Waals surface area contributed by atoms with Gasteiger partial charge in [0.05, 0.1) is 10.6 Å². The lowest BCUT2D eigenvalue weighted by atomic mass is 10.2. The van der Waals surface area contributed by atoms with Crippen LogP contribution < -0.4 is 5.32 Å². The number of rotatable bonds is 4. The summed E-state index contributed by atoms with van der Waals surface area (Å²) in [4.78, 5) is 10.3. The molecule has 0 atom stereocenters. The van der Waals surface area contributed by atoms with Crippen molar-refractivity contribution in [3.05, 3.63) is 66.6 Å². The van der Waals surface area contributed by atoms with Gasteiger partial charge in [0.1, 0.15) is 0 Å². The van der Waals surface area contributed by atoms with Crippen molar-refractivity contribution in [1.29, 1.82) is 0 Å². The summed E-state index contributed by atoms with van der Waals surface area (Å²) >= 11 is 15.3. The molecule has 2 rings (SSSR count). The fourth-order valence-electron chi connectivity index (χ4n) is 1.63. The smallest absolute Gasteiger partial charge is 0.271 e. The summed E-state index contributed by atoms with van der Waals surface area (Å²) in [5.41, 5.74) is 1.46. The molecule has 2 aromatic rings. The second-order valence-corrected chi connectivity index (χ2v) is 5.71. The maximum Gasteiger partial charge on any atom is 0.271 e. The van der Waals surface area contributed by atoms with E-state index in [-0.39, 0.29) is 5.69 Å². The molecule has 0 spiro atoms. The van der Waals surface area contributed by atoms with E-state index in [1.54, 1.807) is 24.3 Å². The van der Waals surface area contributed by atoms with Gasteiger partial charge in [-0.1, -0.05) is 23.2 Å². The standard InChI is InChI=1S/C13H9BrCl2N2O2/c14-11-3-2-10(18(19)20)6-13(11)17-7-8-5-9(15)1-4-12(8)16/h1-6,17H,7H2. The Balaban J connectivity index is 2.20. The zero-order valence-corrected chi connectivity index (χ0v) is 13.2. The highest BCUT2D eigenvalue weighted by molar-refractivity contribution is 9.10. The Kier molecular flexibility index (Phi) is 4.86. The van der Waals surface area contributed by atoms with E-state index >= 15 is 0 Å². The lowest BCUT2D eigenvalue weighted by molar-refractivity contribution is -0.384. The van der Waals surface area contributed by atoms with Gasteiger partial charge in [-0.05, 0) is 45.8 Å². The van der Waals surface area contributed by atoms with Crippen LogP contribution in [0.25, 0.3) is 0 Å². The van der Waals surface area contributed by atoms with Crippen molar-refractivity contribution in [3.8, 4) is 0 Å². The summed E-state index contributed by atoms with van der Waals surface area (Å²) in [6, 6.07) is 9.69. The zero-order chi connectivity index (χ0) is 14.7. The third kappa shape index (κ3) is 3.62. The molecule has 0 saturated heterocycles. The second kappa shape index (κ2) is 6.43. The lowest BCUT2D eigenvalue weighted by Gasteiger charge is -2.10. The minimum atomic E-state index is -0.440. The maximum atomic E-state index is 10.8. The summed E-state index contributed by atoms with van der Waals surface area (Å²) in [7, 11) is 0. The largest absolute Gasteiger partial charge is 0.380 e. The summed E-state index contributed by atoms with van der Waals surface area (Å²) in [6.07, 6.45) is 0. The molecule has 0 amide bonds. The highest BCUT2D eigenvalue weighted by atomic mass is 79.9. The molecule has 0 aromatic heterocycles. The van der Waals surface area contributed by atoms with Crippen LogP contribution in [0.2, 0.25) is 10.0 Å². The van der Waals surface area contributed by atoms with Crippen molar-refractivity contribution >= 4 is 50.5 Å². The van der Waals surface area contributed by atoms with E-state index in [2.05, 4.69) is 21.2 Å². The SMILES string of the molecule is O=[N+]([O-])c1ccc(Br)c(NCc2cc(Cl)ccc2Cl)c1.